The van der Waals surface area contributed by atoms with Crippen molar-refractivity contribution in [3.63, 3.8) is 0 Å². The molecule has 11 heteroatoms. The second-order valence-corrected chi connectivity index (χ2v) is 11.0. The zero-order chi connectivity index (χ0) is 21.3. The first-order valence-corrected chi connectivity index (χ1v) is 12.4. The van der Waals surface area contributed by atoms with Crippen molar-refractivity contribution in [2.75, 3.05) is 24.5 Å². The van der Waals surface area contributed by atoms with Crippen LogP contribution in [0.1, 0.15) is 19.0 Å². The Kier molecular flexibility index (Phi) is 5.85. The molecule has 0 bridgehead atoms. The number of hydrogen-bond acceptors (Lipinski definition) is 8. The van der Waals surface area contributed by atoms with Crippen LogP contribution in [0.15, 0.2) is 45.2 Å². The highest BCUT2D eigenvalue weighted by Gasteiger charge is 2.27. The molecule has 1 atom stereocenters. The third-order valence-corrected chi connectivity index (χ3v) is 8.90. The van der Waals surface area contributed by atoms with Crippen LogP contribution >= 0.6 is 23.1 Å². The van der Waals surface area contributed by atoms with E-state index in [9.17, 15) is 13.2 Å². The van der Waals surface area contributed by atoms with Gasteiger partial charge in [-0.1, -0.05) is 23.9 Å². The lowest BCUT2D eigenvalue weighted by Crippen LogP contribution is -2.26. The summed E-state index contributed by atoms with van der Waals surface area (Å²) in [5.74, 6) is -0.279. The van der Waals surface area contributed by atoms with Crippen LogP contribution in [0.25, 0.3) is 10.9 Å². The van der Waals surface area contributed by atoms with Gasteiger partial charge in [-0.2, -0.15) is 8.42 Å². The minimum absolute atomic E-state index is 0.0557. The lowest BCUT2D eigenvalue weighted by Gasteiger charge is -2.18. The summed E-state index contributed by atoms with van der Waals surface area (Å²) in [6.45, 7) is 2.44. The number of aromatic nitrogens is 2. The molecular weight excluding hydrogens is 444 g/mol. The number of aromatic amines is 1. The molecular formula is C19H20N4O4S3. The van der Waals surface area contributed by atoms with Crippen molar-refractivity contribution in [3.8, 4) is 0 Å². The normalized spacial score (nSPS) is 16.6. The smallest absolute Gasteiger partial charge is 0.302 e. The van der Waals surface area contributed by atoms with Crippen LogP contribution in [-0.2, 0) is 19.6 Å². The number of hydrogen-bond donors (Lipinski definition) is 1. The number of para-hydroxylation sites is 1. The van der Waals surface area contributed by atoms with Crippen molar-refractivity contribution in [2.24, 2.45) is 4.99 Å². The van der Waals surface area contributed by atoms with E-state index in [-0.39, 0.29) is 15.6 Å². The van der Waals surface area contributed by atoms with Gasteiger partial charge in [0.25, 0.3) is 10.0 Å². The van der Waals surface area contributed by atoms with Crippen LogP contribution in [0, 0.1) is 0 Å². The molecule has 1 N–H and O–H groups in total. The first-order chi connectivity index (χ1) is 14.4. The summed E-state index contributed by atoms with van der Waals surface area (Å²) in [7, 11) is -2.21. The fraction of sp³-hybridized carbons (Fsp3) is 0.316. The number of benzene rings is 1. The Balaban J connectivity index is 1.57. The van der Waals surface area contributed by atoms with Gasteiger partial charge in [-0.15, -0.1) is 11.3 Å². The minimum Gasteiger partial charge on any atom is -0.466 e. The molecule has 0 fully saturated rings. The number of anilines is 1. The first-order valence-electron chi connectivity index (χ1n) is 9.21. The second-order valence-electron chi connectivity index (χ2n) is 6.71. The summed E-state index contributed by atoms with van der Waals surface area (Å²) in [5.41, 5.74) is 2.11. The van der Waals surface area contributed by atoms with Crippen molar-refractivity contribution in [1.29, 1.82) is 0 Å². The number of rotatable bonds is 7. The Morgan fingerprint density at radius 1 is 1.40 bits per heavy atom. The lowest BCUT2D eigenvalue weighted by molar-refractivity contribution is -0.141. The van der Waals surface area contributed by atoms with E-state index >= 15 is 0 Å². The van der Waals surface area contributed by atoms with Crippen LogP contribution in [0.3, 0.4) is 0 Å². The van der Waals surface area contributed by atoms with Gasteiger partial charge in [0.2, 0.25) is 4.34 Å². The molecule has 30 heavy (non-hydrogen) atoms. The molecule has 158 valence electrons. The van der Waals surface area contributed by atoms with Crippen molar-refractivity contribution in [2.45, 2.75) is 22.9 Å². The van der Waals surface area contributed by atoms with Gasteiger partial charge in [0.05, 0.1) is 30.0 Å². The predicted molar refractivity (Wildman–Crippen MR) is 120 cm³/mol. The van der Waals surface area contributed by atoms with E-state index in [2.05, 4.69) is 15.0 Å². The number of H-pyrrole nitrogens is 1. The number of thioether (sulfide) groups is 1. The quantitative estimate of drug-likeness (QED) is 0.538. The third kappa shape index (κ3) is 4.09. The van der Waals surface area contributed by atoms with Gasteiger partial charge in [-0.25, -0.2) is 4.98 Å². The predicted octanol–water partition coefficient (Wildman–Crippen LogP) is 3.26. The average molecular weight is 465 g/mol. The highest BCUT2D eigenvalue weighted by atomic mass is 32.2. The van der Waals surface area contributed by atoms with E-state index in [1.807, 2.05) is 18.2 Å². The van der Waals surface area contributed by atoms with Crippen LogP contribution < -0.4 is 4.31 Å². The van der Waals surface area contributed by atoms with Crippen molar-refractivity contribution < 1.29 is 17.9 Å². The number of carbonyl (C=O) groups is 1. The Morgan fingerprint density at radius 3 is 2.97 bits per heavy atom. The van der Waals surface area contributed by atoms with E-state index in [1.54, 1.807) is 23.2 Å². The summed E-state index contributed by atoms with van der Waals surface area (Å²) in [4.78, 5) is 22.8. The zero-order valence-corrected chi connectivity index (χ0v) is 18.8. The molecule has 3 aromatic rings. The number of esters is 1. The molecule has 4 rings (SSSR count). The molecule has 1 aliphatic heterocycles. The molecule has 1 aliphatic rings. The number of aliphatic imine (C=N–C) groups is 1. The molecule has 0 aliphatic carbocycles. The number of ether oxygens (including phenoxy) is 1. The molecule has 1 unspecified atom stereocenters. The molecule has 1 aromatic carbocycles. The van der Waals surface area contributed by atoms with Gasteiger partial charge in [0, 0.05) is 36.2 Å². The SMILES string of the molecule is CC(=O)OCCC1CN=C(c2cc3cccc(N(C)S(=O)(=O)c4nccs4)c3[nH]2)S1. The highest BCUT2D eigenvalue weighted by Crippen LogP contribution is 2.33. The van der Waals surface area contributed by atoms with E-state index in [1.165, 1.54) is 24.5 Å². The van der Waals surface area contributed by atoms with E-state index in [0.29, 0.717) is 18.8 Å². The zero-order valence-electron chi connectivity index (χ0n) is 16.4. The molecule has 8 nitrogen and oxygen atoms in total. The maximum absolute atomic E-state index is 12.9. The number of thiazole rings is 1. The van der Waals surface area contributed by atoms with Gasteiger partial charge in [-0.3, -0.25) is 14.1 Å². The van der Waals surface area contributed by atoms with E-state index in [0.717, 1.165) is 39.4 Å². The molecule has 2 aromatic heterocycles. The van der Waals surface area contributed by atoms with Crippen molar-refractivity contribution in [3.05, 3.63) is 41.5 Å². The maximum atomic E-state index is 12.9. The monoisotopic (exact) mass is 464 g/mol. The van der Waals surface area contributed by atoms with Crippen LogP contribution in [0.5, 0.6) is 0 Å². The van der Waals surface area contributed by atoms with Gasteiger partial charge in [-0.05, 0) is 18.6 Å². The Morgan fingerprint density at radius 2 is 2.23 bits per heavy atom. The lowest BCUT2D eigenvalue weighted by atomic mass is 10.2. The summed E-state index contributed by atoms with van der Waals surface area (Å²) < 4.78 is 32.1. The minimum atomic E-state index is -3.73. The summed E-state index contributed by atoms with van der Waals surface area (Å²) >= 11 is 2.72. The number of nitrogens with one attached hydrogen (secondary N) is 1. The molecule has 0 amide bonds. The second kappa shape index (κ2) is 8.40. The summed E-state index contributed by atoms with van der Waals surface area (Å²) in [5, 5.41) is 3.66. The van der Waals surface area contributed by atoms with Crippen LogP contribution in [0.2, 0.25) is 0 Å². The number of nitrogens with zero attached hydrogens (tertiary/aromatic N) is 3. The number of carbonyl (C=O) groups excluding carboxylic acids is 1. The molecule has 0 saturated carbocycles. The van der Waals surface area contributed by atoms with E-state index in [4.69, 9.17) is 4.74 Å². The molecule has 0 spiro atoms. The van der Waals surface area contributed by atoms with Crippen LogP contribution in [-0.4, -0.2) is 54.8 Å². The highest BCUT2D eigenvalue weighted by molar-refractivity contribution is 8.15. The fourth-order valence-corrected chi connectivity index (χ4v) is 6.40. The fourth-order valence-electron chi connectivity index (χ4n) is 3.15. The van der Waals surface area contributed by atoms with Gasteiger partial charge >= 0.3 is 5.97 Å². The molecule has 3 heterocycles. The third-order valence-electron chi connectivity index (χ3n) is 4.66. The van der Waals surface area contributed by atoms with Crippen LogP contribution in [0.4, 0.5) is 5.69 Å². The average Bonchev–Trinajstić information content (AvgIpc) is 3.46. The molecule has 0 radical (unpaired) electrons. The Labute approximate surface area is 182 Å². The van der Waals surface area contributed by atoms with E-state index < -0.39 is 10.0 Å². The first kappa shape index (κ1) is 20.9. The summed E-state index contributed by atoms with van der Waals surface area (Å²) in [6, 6.07) is 7.50. The van der Waals surface area contributed by atoms with Gasteiger partial charge in [0.15, 0.2) is 0 Å². The largest absolute Gasteiger partial charge is 0.466 e. The molecule has 0 saturated heterocycles. The van der Waals surface area contributed by atoms with Gasteiger partial charge in [0.1, 0.15) is 5.04 Å². The summed E-state index contributed by atoms with van der Waals surface area (Å²) in [6.07, 6.45) is 2.21. The van der Waals surface area contributed by atoms with Gasteiger partial charge < -0.3 is 9.72 Å². The standard InChI is InChI=1S/C19H20N4O4S3/c1-12(24)27-8-6-14-11-21-18(29-14)15-10-13-4-3-5-16(17(13)22-15)23(2)30(25,26)19-20-7-9-28-19/h3-5,7,9-10,14,22H,6,8,11H2,1-2H3. The van der Waals surface area contributed by atoms with Crippen molar-refractivity contribution >= 4 is 60.7 Å². The van der Waals surface area contributed by atoms with Crippen molar-refractivity contribution in [1.82, 2.24) is 9.97 Å². The number of sulfonamides is 1. The Hall–Kier alpha value is -2.37. The maximum Gasteiger partial charge on any atom is 0.302 e. The topological polar surface area (TPSA) is 105 Å². The Bertz CT molecular complexity index is 1200. The number of fused-ring (bicyclic) bond motifs is 1.